The highest BCUT2D eigenvalue weighted by atomic mass is 16.2. The van der Waals surface area contributed by atoms with Gasteiger partial charge in [0.2, 0.25) is 5.91 Å². The molecule has 1 unspecified atom stereocenters. The second-order valence-electron chi connectivity index (χ2n) is 5.65. The van der Waals surface area contributed by atoms with Crippen molar-refractivity contribution >= 4 is 11.9 Å². The fourth-order valence-corrected chi connectivity index (χ4v) is 2.45. The van der Waals surface area contributed by atoms with Gasteiger partial charge in [0, 0.05) is 5.92 Å². The number of guanidine groups is 1. The normalized spacial score (nSPS) is 12.1. The van der Waals surface area contributed by atoms with Gasteiger partial charge in [-0.2, -0.15) is 0 Å². The van der Waals surface area contributed by atoms with Crippen molar-refractivity contribution in [1.29, 1.82) is 5.41 Å². The quantitative estimate of drug-likeness (QED) is 0.288. The predicted molar refractivity (Wildman–Crippen MR) is 85.7 cm³/mol. The van der Waals surface area contributed by atoms with Gasteiger partial charge in [0.25, 0.3) is 0 Å². The zero-order chi connectivity index (χ0) is 15.2. The molecule has 0 rings (SSSR count). The minimum absolute atomic E-state index is 0.0254. The van der Waals surface area contributed by atoms with E-state index in [2.05, 4.69) is 19.2 Å². The highest BCUT2D eigenvalue weighted by molar-refractivity contribution is 5.95. The maximum atomic E-state index is 12.0. The van der Waals surface area contributed by atoms with Crippen LogP contribution in [-0.4, -0.2) is 11.9 Å². The van der Waals surface area contributed by atoms with Crippen molar-refractivity contribution in [3.63, 3.8) is 0 Å². The van der Waals surface area contributed by atoms with Gasteiger partial charge in [0.1, 0.15) is 0 Å². The Bertz CT molecular complexity index is 266. The Labute approximate surface area is 124 Å². The van der Waals surface area contributed by atoms with E-state index in [4.69, 9.17) is 11.1 Å². The SMILES string of the molecule is CCCCCCCC(CCCCCC)C(=O)NC(=N)N. The van der Waals surface area contributed by atoms with E-state index in [1.54, 1.807) is 0 Å². The molecule has 0 saturated carbocycles. The largest absolute Gasteiger partial charge is 0.370 e. The highest BCUT2D eigenvalue weighted by Gasteiger charge is 2.18. The lowest BCUT2D eigenvalue weighted by atomic mass is 9.93. The van der Waals surface area contributed by atoms with Gasteiger partial charge in [0.05, 0.1) is 0 Å². The molecule has 1 atom stereocenters. The van der Waals surface area contributed by atoms with E-state index in [-0.39, 0.29) is 17.8 Å². The number of rotatable bonds is 12. The van der Waals surface area contributed by atoms with E-state index in [0.29, 0.717) is 0 Å². The fraction of sp³-hybridized carbons (Fsp3) is 0.875. The number of carbonyl (C=O) groups excluding carboxylic acids is 1. The number of hydrogen-bond donors (Lipinski definition) is 3. The van der Waals surface area contributed by atoms with Crippen molar-refractivity contribution in [2.75, 3.05) is 0 Å². The van der Waals surface area contributed by atoms with Gasteiger partial charge in [-0.05, 0) is 12.8 Å². The molecule has 0 bridgehead atoms. The second-order valence-corrected chi connectivity index (χ2v) is 5.65. The van der Waals surface area contributed by atoms with Gasteiger partial charge in [-0.3, -0.25) is 15.5 Å². The Morgan fingerprint density at radius 2 is 1.40 bits per heavy atom. The molecule has 0 aliphatic rings. The molecule has 20 heavy (non-hydrogen) atoms. The summed E-state index contributed by atoms with van der Waals surface area (Å²) in [6.45, 7) is 4.39. The summed E-state index contributed by atoms with van der Waals surface area (Å²) < 4.78 is 0. The molecule has 4 nitrogen and oxygen atoms in total. The zero-order valence-corrected chi connectivity index (χ0v) is 13.3. The Kier molecular flexibility index (Phi) is 12.3. The first-order chi connectivity index (χ1) is 9.61. The Morgan fingerprint density at radius 1 is 0.950 bits per heavy atom. The van der Waals surface area contributed by atoms with Crippen molar-refractivity contribution in [2.24, 2.45) is 11.7 Å². The minimum atomic E-state index is -0.237. The summed E-state index contributed by atoms with van der Waals surface area (Å²) in [4.78, 5) is 12.0. The average molecular weight is 283 g/mol. The Balaban J connectivity index is 4.03. The lowest BCUT2D eigenvalue weighted by Crippen LogP contribution is -2.39. The summed E-state index contributed by atoms with van der Waals surface area (Å²) in [5.74, 6) is -0.276. The molecule has 4 N–H and O–H groups in total. The first kappa shape index (κ1) is 18.9. The second kappa shape index (κ2) is 12.9. The van der Waals surface area contributed by atoms with Gasteiger partial charge in [-0.25, -0.2) is 0 Å². The average Bonchev–Trinajstić information content (AvgIpc) is 2.40. The lowest BCUT2D eigenvalue weighted by Gasteiger charge is -2.16. The van der Waals surface area contributed by atoms with Crippen LogP contribution in [-0.2, 0) is 4.79 Å². The molecule has 0 aromatic carbocycles. The van der Waals surface area contributed by atoms with Crippen LogP contribution in [0.5, 0.6) is 0 Å². The van der Waals surface area contributed by atoms with Crippen LogP contribution in [0.3, 0.4) is 0 Å². The van der Waals surface area contributed by atoms with E-state index in [1.165, 1.54) is 44.9 Å². The van der Waals surface area contributed by atoms with Gasteiger partial charge >= 0.3 is 0 Å². The zero-order valence-electron chi connectivity index (χ0n) is 13.3. The van der Waals surface area contributed by atoms with Gasteiger partial charge in [0.15, 0.2) is 5.96 Å². The summed E-state index contributed by atoms with van der Waals surface area (Å²) >= 11 is 0. The standard InChI is InChI=1S/C16H33N3O/c1-3-5-7-9-11-13-14(12-10-8-6-4-2)15(20)19-16(17)18/h14H,3-13H2,1-2H3,(H4,17,18,19,20). The molecule has 0 spiro atoms. The van der Waals surface area contributed by atoms with Crippen LogP contribution in [0.15, 0.2) is 0 Å². The molecular formula is C16H33N3O. The number of hydrogen-bond acceptors (Lipinski definition) is 2. The first-order valence-corrected chi connectivity index (χ1v) is 8.26. The summed E-state index contributed by atoms with van der Waals surface area (Å²) in [6.07, 6.45) is 12.7. The molecule has 0 heterocycles. The van der Waals surface area contributed by atoms with Crippen LogP contribution in [0.25, 0.3) is 0 Å². The predicted octanol–water partition coefficient (Wildman–Crippen LogP) is 3.94. The van der Waals surface area contributed by atoms with E-state index in [9.17, 15) is 4.79 Å². The van der Waals surface area contributed by atoms with Gasteiger partial charge in [-0.1, -0.05) is 71.6 Å². The summed E-state index contributed by atoms with van der Waals surface area (Å²) in [5, 5.41) is 9.63. The van der Waals surface area contributed by atoms with Crippen LogP contribution in [0, 0.1) is 11.3 Å². The van der Waals surface area contributed by atoms with E-state index in [1.807, 2.05) is 0 Å². The maximum absolute atomic E-state index is 12.0. The molecule has 118 valence electrons. The molecule has 4 heteroatoms. The fourth-order valence-electron chi connectivity index (χ4n) is 2.45. The number of carbonyl (C=O) groups is 1. The topological polar surface area (TPSA) is 79.0 Å². The Morgan fingerprint density at radius 3 is 1.85 bits per heavy atom. The van der Waals surface area contributed by atoms with Crippen molar-refractivity contribution < 1.29 is 4.79 Å². The van der Waals surface area contributed by atoms with Crippen molar-refractivity contribution in [3.05, 3.63) is 0 Å². The van der Waals surface area contributed by atoms with Crippen LogP contribution >= 0.6 is 0 Å². The van der Waals surface area contributed by atoms with Crippen LogP contribution in [0.2, 0.25) is 0 Å². The lowest BCUT2D eigenvalue weighted by molar-refractivity contribution is -0.124. The maximum Gasteiger partial charge on any atom is 0.229 e. The number of nitrogens with two attached hydrogens (primary N) is 1. The molecule has 0 aromatic rings. The molecule has 0 radical (unpaired) electrons. The third-order valence-electron chi connectivity index (χ3n) is 3.69. The van der Waals surface area contributed by atoms with Crippen molar-refractivity contribution in [2.45, 2.75) is 84.5 Å². The van der Waals surface area contributed by atoms with Crippen LogP contribution < -0.4 is 11.1 Å². The molecule has 0 aromatic heterocycles. The number of nitrogens with one attached hydrogen (secondary N) is 2. The molecule has 0 aliphatic heterocycles. The number of unbranched alkanes of at least 4 members (excludes halogenated alkanes) is 7. The molecule has 0 saturated heterocycles. The van der Waals surface area contributed by atoms with Crippen LogP contribution in [0.4, 0.5) is 0 Å². The number of amides is 1. The third kappa shape index (κ3) is 10.8. The molecule has 1 amide bonds. The van der Waals surface area contributed by atoms with Gasteiger partial charge in [-0.15, -0.1) is 0 Å². The van der Waals surface area contributed by atoms with Crippen molar-refractivity contribution in [3.8, 4) is 0 Å². The van der Waals surface area contributed by atoms with E-state index >= 15 is 0 Å². The molecule has 0 aliphatic carbocycles. The summed E-state index contributed by atoms with van der Waals surface area (Å²) in [5.41, 5.74) is 5.25. The molecule has 0 fully saturated rings. The highest BCUT2D eigenvalue weighted by Crippen LogP contribution is 2.18. The summed E-state index contributed by atoms with van der Waals surface area (Å²) in [6, 6.07) is 0. The first-order valence-electron chi connectivity index (χ1n) is 8.26. The minimum Gasteiger partial charge on any atom is -0.370 e. The summed E-state index contributed by atoms with van der Waals surface area (Å²) in [7, 11) is 0. The Hall–Kier alpha value is -1.06. The third-order valence-corrected chi connectivity index (χ3v) is 3.69. The van der Waals surface area contributed by atoms with E-state index in [0.717, 1.165) is 25.7 Å². The van der Waals surface area contributed by atoms with Crippen molar-refractivity contribution in [1.82, 2.24) is 5.32 Å². The van der Waals surface area contributed by atoms with Gasteiger partial charge < -0.3 is 5.73 Å². The smallest absolute Gasteiger partial charge is 0.229 e. The van der Waals surface area contributed by atoms with Crippen LogP contribution in [0.1, 0.15) is 84.5 Å². The monoisotopic (exact) mass is 283 g/mol. The molecular weight excluding hydrogens is 250 g/mol. The van der Waals surface area contributed by atoms with E-state index < -0.39 is 0 Å².